The van der Waals surface area contributed by atoms with Crippen LogP contribution in [0.25, 0.3) is 0 Å². The minimum atomic E-state index is -0.310. The van der Waals surface area contributed by atoms with E-state index in [1.165, 1.54) is 11.3 Å². The molecule has 0 bridgehead atoms. The van der Waals surface area contributed by atoms with Crippen LogP contribution in [-0.4, -0.2) is 66.6 Å². The summed E-state index contributed by atoms with van der Waals surface area (Å²) in [4.78, 5) is 19.8. The van der Waals surface area contributed by atoms with E-state index in [1.54, 1.807) is 0 Å². The van der Waals surface area contributed by atoms with Gasteiger partial charge in [0, 0.05) is 68.4 Å². The van der Waals surface area contributed by atoms with Crippen molar-refractivity contribution in [1.82, 2.24) is 9.80 Å². The summed E-state index contributed by atoms with van der Waals surface area (Å²) < 4.78 is 0. The molecule has 0 aliphatic carbocycles. The number of hydrogen-bond acceptors (Lipinski definition) is 4. The summed E-state index contributed by atoms with van der Waals surface area (Å²) >= 11 is 0. The van der Waals surface area contributed by atoms with Crippen LogP contribution < -0.4 is 10.6 Å². The number of hydrogen-bond donors (Lipinski definition) is 1. The van der Waals surface area contributed by atoms with Crippen LogP contribution in [0, 0.1) is 5.41 Å². The minimum absolute atomic E-state index is 0.260. The standard InChI is InChI=1S/C24H38N4O/c1-18(2)20-5-7-21(8-6-20)27-14-23(15-27)16-28(17-23)22(29)13-24(25)9-11-26(12-10-24)19(3)4/h5-8,18-19H,9-17,25H2,1-4H3. The number of carbonyl (C=O) groups is 1. The van der Waals surface area contributed by atoms with Crippen molar-refractivity contribution < 1.29 is 4.79 Å². The number of likely N-dealkylation sites (tertiary alicyclic amines) is 2. The van der Waals surface area contributed by atoms with Gasteiger partial charge in [0.15, 0.2) is 0 Å². The lowest BCUT2D eigenvalue weighted by Gasteiger charge is -2.61. The monoisotopic (exact) mass is 398 g/mol. The van der Waals surface area contributed by atoms with Crippen molar-refractivity contribution in [2.24, 2.45) is 11.1 Å². The van der Waals surface area contributed by atoms with Gasteiger partial charge in [-0.1, -0.05) is 26.0 Å². The Bertz CT molecular complexity index is 720. The zero-order chi connectivity index (χ0) is 20.8. The summed E-state index contributed by atoms with van der Waals surface area (Å²) in [5.74, 6) is 0.831. The van der Waals surface area contributed by atoms with Crippen LogP contribution in [0.1, 0.15) is 58.4 Å². The first-order chi connectivity index (χ1) is 13.7. The number of rotatable bonds is 5. The highest BCUT2D eigenvalue weighted by Gasteiger charge is 2.53. The molecule has 0 saturated carbocycles. The Hall–Kier alpha value is -1.59. The van der Waals surface area contributed by atoms with Crippen molar-refractivity contribution in [3.8, 4) is 0 Å². The van der Waals surface area contributed by atoms with E-state index in [2.05, 4.69) is 61.8 Å². The van der Waals surface area contributed by atoms with Crippen LogP contribution >= 0.6 is 0 Å². The van der Waals surface area contributed by atoms with Gasteiger partial charge in [-0.05, 0) is 50.3 Å². The Kier molecular flexibility index (Phi) is 5.41. The maximum atomic E-state index is 12.8. The zero-order valence-corrected chi connectivity index (χ0v) is 18.7. The third kappa shape index (κ3) is 4.17. The molecule has 0 radical (unpaired) electrons. The van der Waals surface area contributed by atoms with Crippen molar-refractivity contribution in [2.45, 2.75) is 64.5 Å². The molecule has 0 atom stereocenters. The molecule has 5 heteroatoms. The van der Waals surface area contributed by atoms with Crippen LogP contribution in [0.3, 0.4) is 0 Å². The molecule has 29 heavy (non-hydrogen) atoms. The van der Waals surface area contributed by atoms with Gasteiger partial charge in [-0.3, -0.25) is 4.79 Å². The average molecular weight is 399 g/mol. The molecule has 5 nitrogen and oxygen atoms in total. The molecular weight excluding hydrogens is 360 g/mol. The first-order valence-corrected chi connectivity index (χ1v) is 11.3. The second-order valence-electron chi connectivity index (χ2n) is 10.5. The Labute approximate surface area is 176 Å². The predicted molar refractivity (Wildman–Crippen MR) is 119 cm³/mol. The van der Waals surface area contributed by atoms with Gasteiger partial charge in [-0.25, -0.2) is 0 Å². The highest BCUT2D eigenvalue weighted by Crippen LogP contribution is 2.42. The number of benzene rings is 1. The Balaban J connectivity index is 1.23. The van der Waals surface area contributed by atoms with Crippen molar-refractivity contribution in [1.29, 1.82) is 0 Å². The number of anilines is 1. The molecule has 0 unspecified atom stereocenters. The smallest absolute Gasteiger partial charge is 0.224 e. The second-order valence-corrected chi connectivity index (χ2v) is 10.5. The summed E-state index contributed by atoms with van der Waals surface area (Å²) in [5.41, 5.74) is 9.30. The van der Waals surface area contributed by atoms with E-state index < -0.39 is 0 Å². The second kappa shape index (κ2) is 7.59. The van der Waals surface area contributed by atoms with E-state index >= 15 is 0 Å². The van der Waals surface area contributed by atoms with E-state index in [0.717, 1.165) is 52.1 Å². The molecule has 1 spiro atoms. The zero-order valence-electron chi connectivity index (χ0n) is 18.7. The van der Waals surface area contributed by atoms with E-state index in [0.29, 0.717) is 23.8 Å². The molecule has 4 rings (SSSR count). The molecule has 3 heterocycles. The summed E-state index contributed by atoms with van der Waals surface area (Å²) in [6.45, 7) is 14.9. The molecule has 0 aromatic heterocycles. The number of nitrogens with zero attached hydrogens (tertiary/aromatic N) is 3. The molecular formula is C24H38N4O. The van der Waals surface area contributed by atoms with Crippen molar-refractivity contribution in [3.63, 3.8) is 0 Å². The van der Waals surface area contributed by atoms with Crippen molar-refractivity contribution in [3.05, 3.63) is 29.8 Å². The van der Waals surface area contributed by atoms with Crippen LogP contribution in [0.4, 0.5) is 5.69 Å². The average Bonchev–Trinajstić information content (AvgIpc) is 2.59. The number of amides is 1. The van der Waals surface area contributed by atoms with E-state index in [-0.39, 0.29) is 11.4 Å². The lowest BCUT2D eigenvalue weighted by atomic mass is 9.72. The highest BCUT2D eigenvalue weighted by atomic mass is 16.2. The first kappa shape index (κ1) is 20.7. The van der Waals surface area contributed by atoms with E-state index in [4.69, 9.17) is 5.73 Å². The maximum Gasteiger partial charge on any atom is 0.224 e. The van der Waals surface area contributed by atoms with Gasteiger partial charge in [0.05, 0.1) is 0 Å². The predicted octanol–water partition coefficient (Wildman–Crippen LogP) is 3.05. The van der Waals surface area contributed by atoms with Gasteiger partial charge in [-0.15, -0.1) is 0 Å². The van der Waals surface area contributed by atoms with Crippen LogP contribution in [0.5, 0.6) is 0 Å². The van der Waals surface area contributed by atoms with Crippen molar-refractivity contribution >= 4 is 11.6 Å². The number of nitrogens with two attached hydrogens (primary N) is 1. The van der Waals surface area contributed by atoms with Crippen LogP contribution in [-0.2, 0) is 4.79 Å². The van der Waals surface area contributed by atoms with Crippen LogP contribution in [0.15, 0.2) is 24.3 Å². The molecule has 3 fully saturated rings. The first-order valence-electron chi connectivity index (χ1n) is 11.3. The maximum absolute atomic E-state index is 12.8. The fourth-order valence-corrected chi connectivity index (χ4v) is 5.23. The largest absolute Gasteiger partial charge is 0.370 e. The third-order valence-corrected chi connectivity index (χ3v) is 7.41. The quantitative estimate of drug-likeness (QED) is 0.828. The van der Waals surface area contributed by atoms with E-state index in [1.807, 2.05) is 4.90 Å². The molecule has 3 saturated heterocycles. The number of carbonyl (C=O) groups excluding carboxylic acids is 1. The van der Waals surface area contributed by atoms with Gasteiger partial charge >= 0.3 is 0 Å². The van der Waals surface area contributed by atoms with E-state index in [9.17, 15) is 4.79 Å². The molecule has 1 aromatic carbocycles. The minimum Gasteiger partial charge on any atom is -0.370 e. The lowest BCUT2D eigenvalue weighted by Crippen LogP contribution is -2.73. The Morgan fingerprint density at radius 3 is 2.10 bits per heavy atom. The SMILES string of the molecule is CC(C)c1ccc(N2CC3(CN(C(=O)CC4(N)CCN(C(C)C)CC4)C3)C2)cc1. The molecule has 3 aliphatic rings. The highest BCUT2D eigenvalue weighted by molar-refractivity contribution is 5.79. The van der Waals surface area contributed by atoms with Gasteiger partial charge in [0.25, 0.3) is 0 Å². The Morgan fingerprint density at radius 1 is 1.00 bits per heavy atom. The summed E-state index contributed by atoms with van der Waals surface area (Å²) in [6.07, 6.45) is 2.36. The lowest BCUT2D eigenvalue weighted by molar-refractivity contribution is -0.147. The molecule has 2 N–H and O–H groups in total. The summed E-state index contributed by atoms with van der Waals surface area (Å²) in [7, 11) is 0. The van der Waals surface area contributed by atoms with Gasteiger partial charge in [-0.2, -0.15) is 0 Å². The van der Waals surface area contributed by atoms with Gasteiger partial charge < -0.3 is 20.4 Å². The van der Waals surface area contributed by atoms with Gasteiger partial charge in [0.2, 0.25) is 5.91 Å². The normalized spacial score (nSPS) is 23.4. The summed E-state index contributed by atoms with van der Waals surface area (Å²) in [6, 6.07) is 9.53. The third-order valence-electron chi connectivity index (χ3n) is 7.41. The van der Waals surface area contributed by atoms with Gasteiger partial charge in [0.1, 0.15) is 0 Å². The van der Waals surface area contributed by atoms with Crippen LogP contribution in [0.2, 0.25) is 0 Å². The molecule has 1 aromatic rings. The molecule has 1 amide bonds. The Morgan fingerprint density at radius 2 is 1.59 bits per heavy atom. The van der Waals surface area contributed by atoms with Crippen molar-refractivity contribution in [2.75, 3.05) is 44.2 Å². The fraction of sp³-hybridized carbons (Fsp3) is 0.708. The fourth-order valence-electron chi connectivity index (χ4n) is 5.23. The topological polar surface area (TPSA) is 52.8 Å². The summed E-state index contributed by atoms with van der Waals surface area (Å²) in [5, 5.41) is 0. The number of piperidine rings is 1. The molecule has 160 valence electrons. The molecule has 3 aliphatic heterocycles.